The van der Waals surface area contributed by atoms with Crippen molar-refractivity contribution in [1.29, 1.82) is 0 Å². The van der Waals surface area contributed by atoms with Gasteiger partial charge in [0.2, 0.25) is 10.0 Å². The third kappa shape index (κ3) is 3.38. The first-order chi connectivity index (χ1) is 8.62. The molecule has 0 saturated carbocycles. The molecule has 0 atom stereocenters. The van der Waals surface area contributed by atoms with Gasteiger partial charge in [0.1, 0.15) is 4.66 Å². The minimum Gasteiger partial charge on any atom is -0.370 e. The van der Waals surface area contributed by atoms with Gasteiger partial charge in [0.15, 0.2) is 0 Å². The fourth-order valence-electron chi connectivity index (χ4n) is 2.17. The van der Waals surface area contributed by atoms with Gasteiger partial charge in [-0.15, -0.1) is 0 Å². The molecule has 6 heteroatoms. The lowest BCUT2D eigenvalue weighted by atomic mass is 10.1. The number of nitrogens with one attached hydrogen (secondary N) is 1. The molecule has 1 aliphatic rings. The van der Waals surface area contributed by atoms with Crippen molar-refractivity contribution in [3.8, 4) is 0 Å². The Labute approximate surface area is 117 Å². The highest BCUT2D eigenvalue weighted by Crippen LogP contribution is 2.29. The largest absolute Gasteiger partial charge is 0.370 e. The summed E-state index contributed by atoms with van der Waals surface area (Å²) < 4.78 is 25.8. The van der Waals surface area contributed by atoms with E-state index in [0.717, 1.165) is 18.8 Å². The summed E-state index contributed by atoms with van der Waals surface area (Å²) in [5, 5.41) is 0. The average molecular weight is 333 g/mol. The highest BCUT2D eigenvalue weighted by Gasteiger charge is 2.16. The van der Waals surface area contributed by atoms with Crippen LogP contribution in [-0.4, -0.2) is 26.2 Å². The Balaban J connectivity index is 2.25. The van der Waals surface area contributed by atoms with E-state index in [1.165, 1.54) is 19.3 Å². The summed E-state index contributed by atoms with van der Waals surface area (Å²) in [4.78, 5) is 2.25. The molecule has 0 bridgehead atoms. The Hall–Kier alpha value is -0.750. The average Bonchev–Trinajstić information content (AvgIpc) is 2.40. The minimum absolute atomic E-state index is 0.0890. The molecule has 2 rings (SSSR count). The number of hydrogen-bond donors (Lipinski definition) is 1. The van der Waals surface area contributed by atoms with Crippen molar-refractivity contribution in [2.75, 3.05) is 27.4 Å². The maximum Gasteiger partial charge on any atom is 0.242 e. The van der Waals surface area contributed by atoms with Gasteiger partial charge in [-0.3, -0.25) is 4.72 Å². The van der Waals surface area contributed by atoms with E-state index in [1.807, 2.05) is 24.3 Å². The molecule has 1 N–H and O–H groups in total. The van der Waals surface area contributed by atoms with Gasteiger partial charge in [-0.05, 0) is 31.4 Å². The molecule has 100 valence electrons. The first-order valence-electron chi connectivity index (χ1n) is 6.03. The van der Waals surface area contributed by atoms with Crippen LogP contribution in [0.1, 0.15) is 19.3 Å². The van der Waals surface area contributed by atoms with Crippen LogP contribution in [-0.2, 0) is 10.0 Å². The van der Waals surface area contributed by atoms with E-state index in [2.05, 4.69) is 25.6 Å². The van der Waals surface area contributed by atoms with Gasteiger partial charge < -0.3 is 4.90 Å². The fourth-order valence-corrected chi connectivity index (χ4v) is 3.07. The molecule has 1 aliphatic heterocycles. The molecule has 0 aromatic heterocycles. The maximum atomic E-state index is 11.6. The highest BCUT2D eigenvalue weighted by molar-refractivity contribution is 9.10. The number of nitrogens with zero attached hydrogens (tertiary/aromatic N) is 1. The number of sulfonamides is 1. The number of para-hydroxylation sites is 2. The molecule has 1 aromatic rings. The topological polar surface area (TPSA) is 49.4 Å². The SMILES string of the molecule is O=S(=O)(CBr)Nc1ccccc1N1CCCCC1. The lowest BCUT2D eigenvalue weighted by molar-refractivity contribution is 0.578. The molecule has 0 amide bonds. The number of hydrogen-bond acceptors (Lipinski definition) is 3. The number of alkyl halides is 1. The van der Waals surface area contributed by atoms with Crippen molar-refractivity contribution in [3.05, 3.63) is 24.3 Å². The normalized spacial score (nSPS) is 16.6. The van der Waals surface area contributed by atoms with E-state index in [1.54, 1.807) is 0 Å². The van der Waals surface area contributed by atoms with Crippen molar-refractivity contribution < 1.29 is 8.42 Å². The van der Waals surface area contributed by atoms with Gasteiger partial charge in [-0.25, -0.2) is 8.42 Å². The standard InChI is InChI=1S/C12H17BrN2O2S/c13-10-18(16,17)14-11-6-2-3-7-12(11)15-8-4-1-5-9-15/h2-3,6-7,14H,1,4-5,8-10H2. The monoisotopic (exact) mass is 332 g/mol. The highest BCUT2D eigenvalue weighted by atomic mass is 79.9. The van der Waals surface area contributed by atoms with Crippen LogP contribution >= 0.6 is 15.9 Å². The second kappa shape index (κ2) is 5.93. The lowest BCUT2D eigenvalue weighted by Crippen LogP contribution is -2.30. The van der Waals surface area contributed by atoms with Gasteiger partial charge in [0, 0.05) is 13.1 Å². The Morgan fingerprint density at radius 1 is 1.17 bits per heavy atom. The molecule has 1 fully saturated rings. The lowest BCUT2D eigenvalue weighted by Gasteiger charge is -2.30. The van der Waals surface area contributed by atoms with Crippen molar-refractivity contribution >= 4 is 37.3 Å². The minimum atomic E-state index is -3.29. The van der Waals surface area contributed by atoms with Gasteiger partial charge >= 0.3 is 0 Å². The van der Waals surface area contributed by atoms with Crippen LogP contribution in [0, 0.1) is 0 Å². The van der Waals surface area contributed by atoms with Crippen LogP contribution in [0.3, 0.4) is 0 Å². The number of benzene rings is 1. The molecule has 1 aromatic carbocycles. The van der Waals surface area contributed by atoms with E-state index < -0.39 is 10.0 Å². The zero-order chi connectivity index (χ0) is 13.0. The second-order valence-electron chi connectivity index (χ2n) is 4.39. The molecule has 0 spiro atoms. The number of anilines is 2. The Bertz CT molecular complexity index is 499. The number of rotatable bonds is 4. The van der Waals surface area contributed by atoms with Crippen molar-refractivity contribution in [1.82, 2.24) is 0 Å². The summed E-state index contributed by atoms with van der Waals surface area (Å²) in [5.74, 6) is 0. The van der Waals surface area contributed by atoms with Gasteiger partial charge in [0.25, 0.3) is 0 Å². The van der Waals surface area contributed by atoms with E-state index in [9.17, 15) is 8.42 Å². The van der Waals surface area contributed by atoms with Crippen molar-refractivity contribution in [2.45, 2.75) is 19.3 Å². The van der Waals surface area contributed by atoms with Gasteiger partial charge in [-0.2, -0.15) is 0 Å². The van der Waals surface area contributed by atoms with E-state index in [4.69, 9.17) is 0 Å². The summed E-state index contributed by atoms with van der Waals surface area (Å²) in [5.41, 5.74) is 1.64. The van der Waals surface area contributed by atoms with Crippen LogP contribution < -0.4 is 9.62 Å². The predicted molar refractivity (Wildman–Crippen MR) is 78.8 cm³/mol. The first-order valence-corrected chi connectivity index (χ1v) is 8.80. The molecule has 1 heterocycles. The van der Waals surface area contributed by atoms with Crippen LogP contribution in [0.15, 0.2) is 24.3 Å². The number of piperidine rings is 1. The Morgan fingerprint density at radius 3 is 2.50 bits per heavy atom. The molecule has 4 nitrogen and oxygen atoms in total. The van der Waals surface area contributed by atoms with E-state index in [0.29, 0.717) is 5.69 Å². The first kappa shape index (κ1) is 13.7. The molecule has 18 heavy (non-hydrogen) atoms. The van der Waals surface area contributed by atoms with E-state index >= 15 is 0 Å². The third-order valence-electron chi connectivity index (χ3n) is 3.01. The summed E-state index contributed by atoms with van der Waals surface area (Å²) in [6.45, 7) is 1.99. The second-order valence-corrected chi connectivity index (χ2v) is 7.42. The third-order valence-corrected chi connectivity index (χ3v) is 5.64. The Kier molecular flexibility index (Phi) is 4.50. The summed E-state index contributed by atoms with van der Waals surface area (Å²) in [6, 6.07) is 7.57. The fraction of sp³-hybridized carbons (Fsp3) is 0.500. The van der Waals surface area contributed by atoms with Crippen LogP contribution in [0.4, 0.5) is 11.4 Å². The van der Waals surface area contributed by atoms with Crippen molar-refractivity contribution in [2.24, 2.45) is 0 Å². The maximum absolute atomic E-state index is 11.6. The molecule has 0 unspecified atom stereocenters. The van der Waals surface area contributed by atoms with Crippen molar-refractivity contribution in [3.63, 3.8) is 0 Å². The zero-order valence-electron chi connectivity index (χ0n) is 10.1. The zero-order valence-corrected chi connectivity index (χ0v) is 12.5. The molecular weight excluding hydrogens is 316 g/mol. The molecule has 0 aliphatic carbocycles. The predicted octanol–water partition coefficient (Wildman–Crippen LogP) is 2.77. The van der Waals surface area contributed by atoms with Crippen LogP contribution in [0.25, 0.3) is 0 Å². The summed E-state index contributed by atoms with van der Waals surface area (Å²) in [7, 11) is -3.29. The van der Waals surface area contributed by atoms with Gasteiger partial charge in [-0.1, -0.05) is 28.1 Å². The van der Waals surface area contributed by atoms with Gasteiger partial charge in [0.05, 0.1) is 11.4 Å². The molecule has 0 radical (unpaired) electrons. The summed E-state index contributed by atoms with van der Waals surface area (Å²) in [6.07, 6.45) is 3.59. The smallest absolute Gasteiger partial charge is 0.242 e. The molecular formula is C12H17BrN2O2S. The molecule has 1 saturated heterocycles. The van der Waals surface area contributed by atoms with E-state index in [-0.39, 0.29) is 4.66 Å². The summed E-state index contributed by atoms with van der Waals surface area (Å²) >= 11 is 2.98. The quantitative estimate of drug-likeness (QED) is 0.862. The Morgan fingerprint density at radius 2 is 1.83 bits per heavy atom. The van der Waals surface area contributed by atoms with Crippen LogP contribution in [0.2, 0.25) is 0 Å². The van der Waals surface area contributed by atoms with Crippen LogP contribution in [0.5, 0.6) is 0 Å². The number of halogens is 1.